The van der Waals surface area contributed by atoms with Crippen LogP contribution in [0.5, 0.6) is 0 Å². The third kappa shape index (κ3) is 5.13. The molecule has 1 N–H and O–H groups in total. The first-order chi connectivity index (χ1) is 7.71. The van der Waals surface area contributed by atoms with Gasteiger partial charge in [-0.05, 0) is 36.5 Å². The summed E-state index contributed by atoms with van der Waals surface area (Å²) in [6.45, 7) is 10.2. The molecular formula is C15H24O. The third-order valence-corrected chi connectivity index (χ3v) is 2.59. The predicted octanol–water partition coefficient (Wildman–Crippen LogP) is 4.17. The van der Waals surface area contributed by atoms with E-state index < -0.39 is 0 Å². The molecular weight excluding hydrogens is 196 g/mol. The summed E-state index contributed by atoms with van der Waals surface area (Å²) in [5, 5.41) is 9.36. The van der Waals surface area contributed by atoms with E-state index in [1.807, 2.05) is 12.2 Å². The first kappa shape index (κ1) is 14.9. The molecule has 0 saturated carbocycles. The van der Waals surface area contributed by atoms with Crippen molar-refractivity contribution in [1.29, 1.82) is 0 Å². The molecule has 0 aliphatic heterocycles. The van der Waals surface area contributed by atoms with E-state index >= 15 is 0 Å². The van der Waals surface area contributed by atoms with Crippen molar-refractivity contribution in [1.82, 2.24) is 0 Å². The van der Waals surface area contributed by atoms with Crippen molar-refractivity contribution in [2.24, 2.45) is 0 Å². The molecule has 16 heavy (non-hydrogen) atoms. The largest absolute Gasteiger partial charge is 0.392 e. The minimum atomic E-state index is 0.174. The van der Waals surface area contributed by atoms with Gasteiger partial charge in [-0.3, -0.25) is 0 Å². The molecule has 0 saturated heterocycles. The number of allylic oxidation sites excluding steroid dienone is 6. The maximum absolute atomic E-state index is 9.36. The van der Waals surface area contributed by atoms with E-state index in [-0.39, 0.29) is 6.61 Å². The van der Waals surface area contributed by atoms with Crippen LogP contribution in [-0.2, 0) is 0 Å². The van der Waals surface area contributed by atoms with Crippen molar-refractivity contribution < 1.29 is 5.11 Å². The summed E-state index contributed by atoms with van der Waals surface area (Å²) in [5.41, 5.74) is 3.70. The van der Waals surface area contributed by atoms with Gasteiger partial charge >= 0.3 is 0 Å². The van der Waals surface area contributed by atoms with Gasteiger partial charge in [-0.15, -0.1) is 0 Å². The highest BCUT2D eigenvalue weighted by molar-refractivity contribution is 5.36. The fourth-order valence-electron chi connectivity index (χ4n) is 1.81. The van der Waals surface area contributed by atoms with Crippen LogP contribution in [0.15, 0.2) is 47.6 Å². The van der Waals surface area contributed by atoms with Crippen LogP contribution in [0.25, 0.3) is 0 Å². The Labute approximate surface area is 99.9 Å². The highest BCUT2D eigenvalue weighted by Crippen LogP contribution is 2.21. The Morgan fingerprint density at radius 1 is 1.25 bits per heavy atom. The van der Waals surface area contributed by atoms with Crippen LogP contribution in [0.1, 0.15) is 40.0 Å². The Balaban J connectivity index is 5.00. The van der Waals surface area contributed by atoms with Crippen LogP contribution in [0.2, 0.25) is 0 Å². The van der Waals surface area contributed by atoms with E-state index in [1.54, 1.807) is 6.08 Å². The fourth-order valence-corrected chi connectivity index (χ4v) is 1.81. The van der Waals surface area contributed by atoms with Gasteiger partial charge in [0.25, 0.3) is 0 Å². The molecule has 0 atom stereocenters. The van der Waals surface area contributed by atoms with E-state index in [2.05, 4.69) is 33.4 Å². The third-order valence-electron chi connectivity index (χ3n) is 2.59. The van der Waals surface area contributed by atoms with Crippen molar-refractivity contribution in [3.05, 3.63) is 47.6 Å². The topological polar surface area (TPSA) is 20.2 Å². The molecule has 0 aromatic carbocycles. The van der Waals surface area contributed by atoms with Gasteiger partial charge in [0.15, 0.2) is 0 Å². The first-order valence-corrected chi connectivity index (χ1v) is 5.99. The zero-order valence-corrected chi connectivity index (χ0v) is 10.8. The summed E-state index contributed by atoms with van der Waals surface area (Å²) in [4.78, 5) is 0. The minimum absolute atomic E-state index is 0.174. The molecule has 0 rings (SSSR count). The Morgan fingerprint density at radius 2 is 1.94 bits per heavy atom. The maximum Gasteiger partial charge on any atom is 0.0647 e. The Bertz CT molecular complexity index is 293. The van der Waals surface area contributed by atoms with Crippen LogP contribution in [-0.4, -0.2) is 11.7 Å². The van der Waals surface area contributed by atoms with Gasteiger partial charge in [-0.2, -0.15) is 0 Å². The smallest absolute Gasteiger partial charge is 0.0647 e. The van der Waals surface area contributed by atoms with Gasteiger partial charge < -0.3 is 5.11 Å². The molecule has 0 aliphatic rings. The van der Waals surface area contributed by atoms with Crippen LogP contribution >= 0.6 is 0 Å². The SMILES string of the molecule is C=C\C=C/C=C(C)/C(CC)=C(\CO)CCC. The van der Waals surface area contributed by atoms with Gasteiger partial charge in [0, 0.05) is 0 Å². The van der Waals surface area contributed by atoms with Crippen molar-refractivity contribution in [2.45, 2.75) is 40.0 Å². The summed E-state index contributed by atoms with van der Waals surface area (Å²) in [6.07, 6.45) is 10.8. The van der Waals surface area contributed by atoms with Crippen LogP contribution < -0.4 is 0 Å². The lowest BCUT2D eigenvalue weighted by Crippen LogP contribution is -1.98. The van der Waals surface area contributed by atoms with E-state index in [0.29, 0.717) is 0 Å². The lowest BCUT2D eigenvalue weighted by atomic mass is 9.96. The van der Waals surface area contributed by atoms with E-state index in [1.165, 1.54) is 16.7 Å². The maximum atomic E-state index is 9.36. The van der Waals surface area contributed by atoms with Crippen molar-refractivity contribution in [3.63, 3.8) is 0 Å². The molecule has 1 heteroatoms. The van der Waals surface area contributed by atoms with Crippen LogP contribution in [0.3, 0.4) is 0 Å². The van der Waals surface area contributed by atoms with Crippen LogP contribution in [0, 0.1) is 0 Å². The number of hydrogen-bond acceptors (Lipinski definition) is 1. The highest BCUT2D eigenvalue weighted by Gasteiger charge is 2.04. The fraction of sp³-hybridized carbons (Fsp3) is 0.467. The molecule has 0 heterocycles. The minimum Gasteiger partial charge on any atom is -0.392 e. The Morgan fingerprint density at radius 3 is 2.38 bits per heavy atom. The molecule has 0 spiro atoms. The Hall–Kier alpha value is -1.08. The molecule has 1 nitrogen and oxygen atoms in total. The predicted molar refractivity (Wildman–Crippen MR) is 72.4 cm³/mol. The molecule has 0 radical (unpaired) electrons. The highest BCUT2D eigenvalue weighted by atomic mass is 16.3. The van der Waals surface area contributed by atoms with Crippen molar-refractivity contribution >= 4 is 0 Å². The van der Waals surface area contributed by atoms with Gasteiger partial charge in [0.1, 0.15) is 0 Å². The second kappa shape index (κ2) is 9.17. The number of aliphatic hydroxyl groups is 1. The first-order valence-electron chi connectivity index (χ1n) is 5.99. The quantitative estimate of drug-likeness (QED) is 0.638. The van der Waals surface area contributed by atoms with Gasteiger partial charge in [-0.1, -0.05) is 51.2 Å². The molecule has 0 bridgehead atoms. The van der Waals surface area contributed by atoms with Crippen molar-refractivity contribution in [2.75, 3.05) is 6.61 Å². The Kier molecular flexibility index (Phi) is 8.55. The summed E-state index contributed by atoms with van der Waals surface area (Å²) in [6, 6.07) is 0. The average Bonchev–Trinajstić information content (AvgIpc) is 2.29. The summed E-state index contributed by atoms with van der Waals surface area (Å²) in [5.74, 6) is 0. The van der Waals surface area contributed by atoms with E-state index in [9.17, 15) is 5.11 Å². The second-order valence-corrected chi connectivity index (χ2v) is 3.81. The van der Waals surface area contributed by atoms with Gasteiger partial charge in [0.2, 0.25) is 0 Å². The lowest BCUT2D eigenvalue weighted by molar-refractivity contribution is 0.324. The average molecular weight is 220 g/mol. The number of aliphatic hydroxyl groups excluding tert-OH is 1. The van der Waals surface area contributed by atoms with Gasteiger partial charge in [0.05, 0.1) is 6.61 Å². The second-order valence-electron chi connectivity index (χ2n) is 3.81. The molecule has 0 fully saturated rings. The molecule has 0 unspecified atom stereocenters. The zero-order chi connectivity index (χ0) is 12.4. The monoisotopic (exact) mass is 220 g/mol. The molecule has 0 aromatic rings. The summed E-state index contributed by atoms with van der Waals surface area (Å²) < 4.78 is 0. The molecule has 0 aliphatic carbocycles. The van der Waals surface area contributed by atoms with Crippen LogP contribution in [0.4, 0.5) is 0 Å². The van der Waals surface area contributed by atoms with E-state index in [0.717, 1.165) is 19.3 Å². The number of rotatable bonds is 7. The normalized spacial score (nSPS) is 14.1. The molecule has 90 valence electrons. The molecule has 0 amide bonds. The summed E-state index contributed by atoms with van der Waals surface area (Å²) in [7, 11) is 0. The zero-order valence-electron chi connectivity index (χ0n) is 10.8. The van der Waals surface area contributed by atoms with Gasteiger partial charge in [-0.25, -0.2) is 0 Å². The molecule has 0 aromatic heterocycles. The van der Waals surface area contributed by atoms with Crippen molar-refractivity contribution in [3.8, 4) is 0 Å². The lowest BCUT2D eigenvalue weighted by Gasteiger charge is -2.12. The number of hydrogen-bond donors (Lipinski definition) is 1. The summed E-state index contributed by atoms with van der Waals surface area (Å²) >= 11 is 0. The van der Waals surface area contributed by atoms with E-state index in [4.69, 9.17) is 0 Å². The standard InChI is InChI=1S/C15H24O/c1-5-8-9-11-13(4)15(7-3)14(12-16)10-6-2/h5,8-9,11,16H,1,6-7,10,12H2,2-4H3/b9-8-,13-11+,15-14-.